The summed E-state index contributed by atoms with van der Waals surface area (Å²) in [5.74, 6) is -0.701. The van der Waals surface area contributed by atoms with Gasteiger partial charge in [-0.25, -0.2) is 15.0 Å². The molecule has 10 heteroatoms. The molecule has 2 aromatic heterocycles. The Kier molecular flexibility index (Phi) is 3.68. The van der Waals surface area contributed by atoms with E-state index in [4.69, 9.17) is 10.5 Å². The molecular formula is C18H18N6O4. The van der Waals surface area contributed by atoms with Gasteiger partial charge in [0.15, 0.2) is 11.5 Å². The Hall–Kier alpha value is -3.30. The van der Waals surface area contributed by atoms with E-state index >= 15 is 0 Å². The lowest BCUT2D eigenvalue weighted by Crippen LogP contribution is -2.36. The quantitative estimate of drug-likeness (QED) is 0.425. The lowest BCUT2D eigenvalue weighted by molar-refractivity contribution is -0.149. The lowest BCUT2D eigenvalue weighted by Gasteiger charge is -2.17. The zero-order valence-electron chi connectivity index (χ0n) is 14.9. The number of imidazole rings is 1. The van der Waals surface area contributed by atoms with Gasteiger partial charge in [-0.3, -0.25) is 19.3 Å². The molecule has 1 saturated carbocycles. The minimum atomic E-state index is -0.516. The highest BCUT2D eigenvalue weighted by Crippen LogP contribution is 2.52. The van der Waals surface area contributed by atoms with E-state index in [1.165, 1.54) is 22.1 Å². The normalized spacial score (nSPS) is 27.8. The zero-order valence-corrected chi connectivity index (χ0v) is 14.9. The molecule has 28 heavy (non-hydrogen) atoms. The van der Waals surface area contributed by atoms with Crippen molar-refractivity contribution in [2.24, 2.45) is 23.7 Å². The summed E-state index contributed by atoms with van der Waals surface area (Å²) >= 11 is 0. The van der Waals surface area contributed by atoms with Gasteiger partial charge >= 0.3 is 5.97 Å². The average Bonchev–Trinajstić information content (AvgIpc) is 3.43. The van der Waals surface area contributed by atoms with E-state index in [1.54, 1.807) is 0 Å². The van der Waals surface area contributed by atoms with Gasteiger partial charge in [0.1, 0.15) is 25.0 Å². The number of amides is 2. The molecule has 0 radical (unpaired) electrons. The molecule has 5 rings (SSSR count). The Balaban J connectivity index is 1.18. The maximum absolute atomic E-state index is 12.6. The number of hydrogen-bond acceptors (Lipinski definition) is 8. The first-order chi connectivity index (χ1) is 13.5. The first-order valence-corrected chi connectivity index (χ1v) is 9.15. The molecule has 2 bridgehead atoms. The second-order valence-electron chi connectivity index (χ2n) is 7.35. The third-order valence-corrected chi connectivity index (χ3v) is 5.87. The molecule has 3 heterocycles. The molecule has 2 aliphatic carbocycles. The molecule has 144 valence electrons. The van der Waals surface area contributed by atoms with Crippen molar-refractivity contribution in [1.82, 2.24) is 24.4 Å². The summed E-state index contributed by atoms with van der Waals surface area (Å²) in [6, 6.07) is 0. The van der Waals surface area contributed by atoms with Crippen LogP contribution in [0.15, 0.2) is 24.8 Å². The number of nitrogens with two attached hydrogens (primary N) is 1. The largest absolute Gasteiger partial charge is 0.462 e. The summed E-state index contributed by atoms with van der Waals surface area (Å²) < 4.78 is 6.73. The number of aromatic nitrogens is 4. The van der Waals surface area contributed by atoms with Gasteiger partial charge in [0.2, 0.25) is 11.8 Å². The fourth-order valence-electron chi connectivity index (χ4n) is 4.63. The molecule has 2 amide bonds. The Morgan fingerprint density at radius 1 is 1.14 bits per heavy atom. The number of carbonyl (C=O) groups excluding carboxylic acids is 3. The number of allylic oxidation sites excluding steroid dienone is 2. The predicted molar refractivity (Wildman–Crippen MR) is 95.1 cm³/mol. The number of rotatable bonds is 5. The van der Waals surface area contributed by atoms with Crippen LogP contribution in [0.2, 0.25) is 0 Å². The van der Waals surface area contributed by atoms with E-state index in [0.717, 1.165) is 6.42 Å². The van der Waals surface area contributed by atoms with Crippen molar-refractivity contribution in [2.45, 2.75) is 13.0 Å². The van der Waals surface area contributed by atoms with Crippen LogP contribution in [0, 0.1) is 23.7 Å². The summed E-state index contributed by atoms with van der Waals surface area (Å²) in [6.07, 6.45) is 7.72. The molecule has 0 spiro atoms. The Morgan fingerprint density at radius 3 is 2.57 bits per heavy atom. The van der Waals surface area contributed by atoms with Crippen molar-refractivity contribution >= 4 is 34.8 Å². The van der Waals surface area contributed by atoms with Crippen LogP contribution >= 0.6 is 0 Å². The Morgan fingerprint density at radius 2 is 1.86 bits per heavy atom. The maximum Gasteiger partial charge on any atom is 0.326 e. The van der Waals surface area contributed by atoms with E-state index in [9.17, 15) is 14.4 Å². The number of imide groups is 1. The molecule has 2 fully saturated rings. The van der Waals surface area contributed by atoms with Crippen molar-refractivity contribution in [3.63, 3.8) is 0 Å². The van der Waals surface area contributed by atoms with Crippen LogP contribution in [-0.2, 0) is 25.7 Å². The third kappa shape index (κ3) is 2.40. The van der Waals surface area contributed by atoms with Gasteiger partial charge < -0.3 is 15.0 Å². The highest BCUT2D eigenvalue weighted by atomic mass is 16.5. The van der Waals surface area contributed by atoms with Crippen LogP contribution in [0.4, 0.5) is 5.82 Å². The molecule has 2 N–H and O–H groups in total. The van der Waals surface area contributed by atoms with Gasteiger partial charge in [-0.15, -0.1) is 0 Å². The van der Waals surface area contributed by atoms with Gasteiger partial charge in [0.25, 0.3) is 0 Å². The standard InChI is InChI=1S/C18H18N6O4/c19-15-14-16(21-7-20-15)23(8-22-14)6-11(25)28-4-3-24-17(26)12-9-1-2-10(5-9)13(12)18(24)27/h1-2,7-10,12-13H,3-6H2,(H2,19,20,21)/t9-,10+,12+,13-. The number of hydrogen-bond donors (Lipinski definition) is 1. The molecule has 3 aliphatic rings. The highest BCUT2D eigenvalue weighted by Gasteiger charge is 2.59. The Bertz CT molecular complexity index is 1000. The topological polar surface area (TPSA) is 133 Å². The summed E-state index contributed by atoms with van der Waals surface area (Å²) in [6.45, 7) is -0.0634. The summed E-state index contributed by atoms with van der Waals surface area (Å²) in [5, 5.41) is 0. The average molecular weight is 382 g/mol. The number of esters is 1. The zero-order chi connectivity index (χ0) is 19.4. The van der Waals surface area contributed by atoms with Gasteiger partial charge in [-0.05, 0) is 18.3 Å². The first kappa shape index (κ1) is 16.8. The summed E-state index contributed by atoms with van der Waals surface area (Å²) in [5.41, 5.74) is 6.57. The van der Waals surface area contributed by atoms with E-state index in [1.807, 2.05) is 12.2 Å². The minimum absolute atomic E-state index is 0.0394. The molecular weight excluding hydrogens is 364 g/mol. The molecule has 1 saturated heterocycles. The molecule has 10 nitrogen and oxygen atoms in total. The number of fused-ring (bicyclic) bond motifs is 6. The molecule has 2 aromatic rings. The van der Waals surface area contributed by atoms with E-state index in [0.29, 0.717) is 11.2 Å². The van der Waals surface area contributed by atoms with E-state index in [-0.39, 0.29) is 61.0 Å². The van der Waals surface area contributed by atoms with Crippen molar-refractivity contribution in [2.75, 3.05) is 18.9 Å². The minimum Gasteiger partial charge on any atom is -0.462 e. The molecule has 0 aromatic carbocycles. The van der Waals surface area contributed by atoms with E-state index < -0.39 is 5.97 Å². The number of carbonyl (C=O) groups is 3. The molecule has 0 unspecified atom stereocenters. The number of anilines is 1. The smallest absolute Gasteiger partial charge is 0.326 e. The summed E-state index contributed by atoms with van der Waals surface area (Å²) in [7, 11) is 0. The lowest BCUT2D eigenvalue weighted by atomic mass is 9.85. The first-order valence-electron chi connectivity index (χ1n) is 9.15. The SMILES string of the molecule is Nc1ncnc2c1ncn2CC(=O)OCCN1C(=O)[C@@H]2[C@H](C1=O)[C@H]1C=C[C@@H]2C1. The Labute approximate surface area is 159 Å². The maximum atomic E-state index is 12.6. The van der Waals surface area contributed by atoms with Crippen LogP contribution in [0.1, 0.15) is 6.42 Å². The fourth-order valence-corrected chi connectivity index (χ4v) is 4.63. The third-order valence-electron chi connectivity index (χ3n) is 5.87. The second-order valence-corrected chi connectivity index (χ2v) is 7.35. The van der Waals surface area contributed by atoms with Gasteiger partial charge in [0, 0.05) is 0 Å². The van der Waals surface area contributed by atoms with Crippen LogP contribution in [0.3, 0.4) is 0 Å². The summed E-state index contributed by atoms with van der Waals surface area (Å²) in [4.78, 5) is 50.6. The van der Waals surface area contributed by atoms with E-state index in [2.05, 4.69) is 15.0 Å². The predicted octanol–water partition coefficient (Wildman–Crippen LogP) is -0.241. The van der Waals surface area contributed by atoms with Crippen LogP contribution in [0.25, 0.3) is 11.2 Å². The van der Waals surface area contributed by atoms with Gasteiger partial charge in [0.05, 0.1) is 24.7 Å². The van der Waals surface area contributed by atoms with Crippen LogP contribution in [0.5, 0.6) is 0 Å². The monoisotopic (exact) mass is 382 g/mol. The highest BCUT2D eigenvalue weighted by molar-refractivity contribution is 6.06. The number of ether oxygens (including phenoxy) is 1. The van der Waals surface area contributed by atoms with Gasteiger partial charge in [-0.2, -0.15) is 0 Å². The van der Waals surface area contributed by atoms with Crippen LogP contribution < -0.4 is 5.73 Å². The number of nitrogens with zero attached hydrogens (tertiary/aromatic N) is 5. The second kappa shape index (κ2) is 6.11. The number of likely N-dealkylation sites (tertiary alicyclic amines) is 1. The van der Waals surface area contributed by atoms with Crippen molar-refractivity contribution < 1.29 is 19.1 Å². The van der Waals surface area contributed by atoms with Crippen molar-refractivity contribution in [3.05, 3.63) is 24.8 Å². The van der Waals surface area contributed by atoms with Crippen LogP contribution in [-0.4, -0.2) is 55.4 Å². The molecule has 1 aliphatic heterocycles. The number of nitrogen functional groups attached to an aromatic ring is 1. The molecule has 4 atom stereocenters. The van der Waals surface area contributed by atoms with Gasteiger partial charge in [-0.1, -0.05) is 12.2 Å². The van der Waals surface area contributed by atoms with Crippen molar-refractivity contribution in [1.29, 1.82) is 0 Å². The van der Waals surface area contributed by atoms with Crippen molar-refractivity contribution in [3.8, 4) is 0 Å². The fraction of sp³-hybridized carbons (Fsp3) is 0.444.